The van der Waals surface area contributed by atoms with E-state index in [2.05, 4.69) is 4.98 Å². The van der Waals surface area contributed by atoms with Gasteiger partial charge in [0.05, 0.1) is 13.2 Å². The fraction of sp³-hybridized carbons (Fsp3) is 0.273. The van der Waals surface area contributed by atoms with Crippen LogP contribution in [0.5, 0.6) is 17.2 Å². The molecule has 0 N–H and O–H groups in total. The molecule has 0 spiro atoms. The second-order valence-electron chi connectivity index (χ2n) is 6.88. The number of benzene rings is 2. The molecule has 0 radical (unpaired) electrons. The number of methoxy groups -OCH3 is 1. The lowest BCUT2D eigenvalue weighted by atomic mass is 10.1. The first-order valence-electron chi connectivity index (χ1n) is 9.40. The summed E-state index contributed by atoms with van der Waals surface area (Å²) in [5.74, 6) is 3.54. The van der Waals surface area contributed by atoms with Crippen molar-refractivity contribution in [3.05, 3.63) is 64.1 Å². The summed E-state index contributed by atoms with van der Waals surface area (Å²) in [7, 11) is 1.64. The molecule has 0 bridgehead atoms. The minimum Gasteiger partial charge on any atom is -0.497 e. The molecule has 8 heteroatoms. The van der Waals surface area contributed by atoms with Crippen LogP contribution in [0.1, 0.15) is 40.4 Å². The Hall–Kier alpha value is -2.64. The van der Waals surface area contributed by atoms with Crippen LogP contribution >= 0.6 is 23.4 Å². The van der Waals surface area contributed by atoms with E-state index in [9.17, 15) is 4.79 Å². The summed E-state index contributed by atoms with van der Waals surface area (Å²) in [6.07, 6.45) is 0.855. The van der Waals surface area contributed by atoms with Gasteiger partial charge >= 0.3 is 0 Å². The summed E-state index contributed by atoms with van der Waals surface area (Å²) >= 11 is 8.03. The molecule has 1 aromatic heterocycles. The molecule has 1 atom stereocenters. The van der Waals surface area contributed by atoms with Crippen molar-refractivity contribution in [1.82, 2.24) is 9.55 Å². The first kappa shape index (κ1) is 20.6. The molecule has 0 saturated heterocycles. The van der Waals surface area contributed by atoms with E-state index in [1.165, 1.54) is 11.8 Å². The van der Waals surface area contributed by atoms with Crippen LogP contribution in [-0.2, 0) is 5.75 Å². The lowest BCUT2D eigenvalue weighted by molar-refractivity contribution is 0.111. The summed E-state index contributed by atoms with van der Waals surface area (Å²) < 4.78 is 18.0. The maximum Gasteiger partial charge on any atom is 0.231 e. The van der Waals surface area contributed by atoms with Crippen molar-refractivity contribution < 1.29 is 19.0 Å². The molecule has 1 aliphatic rings. The van der Waals surface area contributed by atoms with Gasteiger partial charge in [-0.1, -0.05) is 35.5 Å². The zero-order valence-corrected chi connectivity index (χ0v) is 18.4. The number of fused-ring (bicyclic) bond motifs is 1. The smallest absolute Gasteiger partial charge is 0.231 e. The van der Waals surface area contributed by atoms with Crippen molar-refractivity contribution in [3.8, 4) is 17.2 Å². The average Bonchev–Trinajstić information content (AvgIpc) is 3.34. The number of ether oxygens (including phenoxy) is 3. The number of thioether (sulfide) groups is 1. The monoisotopic (exact) mass is 444 g/mol. The van der Waals surface area contributed by atoms with Gasteiger partial charge in [0.25, 0.3) is 0 Å². The predicted octanol–water partition coefficient (Wildman–Crippen LogP) is 5.30. The maximum absolute atomic E-state index is 12.0. The Balaban J connectivity index is 1.61. The Morgan fingerprint density at radius 1 is 1.27 bits per heavy atom. The van der Waals surface area contributed by atoms with Gasteiger partial charge in [-0.15, -0.1) is 0 Å². The van der Waals surface area contributed by atoms with E-state index < -0.39 is 0 Å². The zero-order valence-electron chi connectivity index (χ0n) is 16.8. The van der Waals surface area contributed by atoms with Gasteiger partial charge < -0.3 is 18.8 Å². The number of aldehydes is 1. The van der Waals surface area contributed by atoms with Crippen LogP contribution < -0.4 is 14.2 Å². The van der Waals surface area contributed by atoms with Crippen molar-refractivity contribution in [2.45, 2.75) is 30.7 Å². The van der Waals surface area contributed by atoms with Gasteiger partial charge in [0.15, 0.2) is 17.8 Å². The number of carbonyl (C=O) groups excluding carboxylic acids is 1. The first-order valence-corrected chi connectivity index (χ1v) is 10.8. The molecule has 2 heterocycles. The largest absolute Gasteiger partial charge is 0.497 e. The highest BCUT2D eigenvalue weighted by atomic mass is 35.5. The highest BCUT2D eigenvalue weighted by molar-refractivity contribution is 7.98. The van der Waals surface area contributed by atoms with Gasteiger partial charge in [-0.25, -0.2) is 4.98 Å². The van der Waals surface area contributed by atoms with Gasteiger partial charge in [-0.3, -0.25) is 4.79 Å². The quantitative estimate of drug-likeness (QED) is 0.364. The minimum absolute atomic E-state index is 0.180. The lowest BCUT2D eigenvalue weighted by Gasteiger charge is -2.19. The van der Waals surface area contributed by atoms with Crippen molar-refractivity contribution >= 4 is 29.6 Å². The molecular formula is C22H21ClN2O4S. The van der Waals surface area contributed by atoms with Gasteiger partial charge in [0.2, 0.25) is 6.79 Å². The second-order valence-corrected chi connectivity index (χ2v) is 8.25. The Kier molecular flexibility index (Phi) is 5.92. The van der Waals surface area contributed by atoms with Gasteiger partial charge in [-0.2, -0.15) is 0 Å². The van der Waals surface area contributed by atoms with E-state index in [1.807, 2.05) is 48.7 Å². The Morgan fingerprint density at radius 2 is 1.97 bits per heavy atom. The summed E-state index contributed by atoms with van der Waals surface area (Å²) in [5.41, 5.74) is 2.50. The SMILES string of the molecule is COc1ccc(CSc2nc(C)n(C(C)c3cc4c(cc3Cl)OCO4)c2C=O)cc1. The zero-order chi connectivity index (χ0) is 21.3. The standard InChI is InChI=1S/C22H21ClN2O4S/c1-13(17-8-20-21(9-18(17)23)29-12-28-20)25-14(2)24-22(19(25)10-26)30-11-15-4-6-16(27-3)7-5-15/h4-10,13H,11-12H2,1-3H3. The number of nitrogens with zero attached hydrogens (tertiary/aromatic N) is 2. The third-order valence-corrected chi connectivity index (χ3v) is 6.45. The van der Waals surface area contributed by atoms with E-state index >= 15 is 0 Å². The number of imidazole rings is 1. The number of aryl methyl sites for hydroxylation is 1. The predicted molar refractivity (Wildman–Crippen MR) is 116 cm³/mol. The van der Waals surface area contributed by atoms with E-state index in [-0.39, 0.29) is 12.8 Å². The number of aromatic nitrogens is 2. The number of hydrogen-bond donors (Lipinski definition) is 0. The molecule has 1 unspecified atom stereocenters. The molecule has 4 rings (SSSR count). The number of hydrogen-bond acceptors (Lipinski definition) is 6. The molecule has 0 fully saturated rings. The van der Waals surface area contributed by atoms with Crippen molar-refractivity contribution in [1.29, 1.82) is 0 Å². The topological polar surface area (TPSA) is 62.6 Å². The van der Waals surface area contributed by atoms with E-state index in [1.54, 1.807) is 13.2 Å². The fourth-order valence-corrected chi connectivity index (χ4v) is 4.80. The van der Waals surface area contributed by atoms with Crippen LogP contribution in [-0.4, -0.2) is 29.7 Å². The normalized spacial score (nSPS) is 13.3. The van der Waals surface area contributed by atoms with Crippen LogP contribution in [0.4, 0.5) is 0 Å². The van der Waals surface area contributed by atoms with Crippen LogP contribution in [0.15, 0.2) is 41.4 Å². The van der Waals surface area contributed by atoms with E-state index in [0.717, 1.165) is 29.0 Å². The second kappa shape index (κ2) is 8.62. The number of carbonyl (C=O) groups is 1. The van der Waals surface area contributed by atoms with E-state index in [4.69, 9.17) is 25.8 Å². The highest BCUT2D eigenvalue weighted by Crippen LogP contribution is 2.40. The summed E-state index contributed by atoms with van der Waals surface area (Å²) in [6, 6.07) is 11.3. The summed E-state index contributed by atoms with van der Waals surface area (Å²) in [5, 5.41) is 1.26. The third-order valence-electron chi connectivity index (χ3n) is 5.07. The molecular weight excluding hydrogens is 424 g/mol. The highest BCUT2D eigenvalue weighted by Gasteiger charge is 2.24. The molecule has 2 aromatic carbocycles. The Morgan fingerprint density at radius 3 is 2.63 bits per heavy atom. The molecule has 0 saturated carbocycles. The Labute approximate surface area is 184 Å². The van der Waals surface area contributed by atoms with Gasteiger partial charge in [-0.05, 0) is 43.2 Å². The van der Waals surface area contributed by atoms with Crippen LogP contribution in [0, 0.1) is 6.92 Å². The molecule has 3 aromatic rings. The summed E-state index contributed by atoms with van der Waals surface area (Å²) in [6.45, 7) is 4.06. The van der Waals surface area contributed by atoms with Crippen LogP contribution in [0.3, 0.4) is 0 Å². The van der Waals surface area contributed by atoms with Crippen molar-refractivity contribution in [2.24, 2.45) is 0 Å². The molecule has 156 valence electrons. The van der Waals surface area contributed by atoms with Crippen molar-refractivity contribution in [3.63, 3.8) is 0 Å². The number of halogens is 1. The molecule has 1 aliphatic heterocycles. The van der Waals surface area contributed by atoms with Crippen LogP contribution in [0.2, 0.25) is 5.02 Å². The third kappa shape index (κ3) is 3.87. The average molecular weight is 445 g/mol. The molecule has 0 aliphatic carbocycles. The lowest BCUT2D eigenvalue weighted by Crippen LogP contribution is -2.12. The first-order chi connectivity index (χ1) is 14.5. The minimum atomic E-state index is -0.199. The molecule has 30 heavy (non-hydrogen) atoms. The Bertz CT molecular complexity index is 1080. The number of rotatable bonds is 7. The fourth-order valence-electron chi connectivity index (χ4n) is 3.50. The molecule has 0 amide bonds. The van der Waals surface area contributed by atoms with Gasteiger partial charge in [0, 0.05) is 16.8 Å². The van der Waals surface area contributed by atoms with Crippen molar-refractivity contribution in [2.75, 3.05) is 13.9 Å². The van der Waals surface area contributed by atoms with Crippen LogP contribution in [0.25, 0.3) is 0 Å². The van der Waals surface area contributed by atoms with E-state index in [0.29, 0.717) is 33.0 Å². The maximum atomic E-state index is 12.0. The van der Waals surface area contributed by atoms with Gasteiger partial charge in [0.1, 0.15) is 22.3 Å². The molecule has 6 nitrogen and oxygen atoms in total. The summed E-state index contributed by atoms with van der Waals surface area (Å²) in [4.78, 5) is 16.6.